The average molecular weight is 531 g/mol. The Morgan fingerprint density at radius 1 is 1.10 bits per heavy atom. The molecule has 0 bridgehead atoms. The number of rotatable bonds is 7. The quantitative estimate of drug-likeness (QED) is 0.320. The molecule has 2 atom stereocenters. The normalized spacial score (nSPS) is 23.0. The number of methoxy groups -OCH3 is 2. The van der Waals surface area contributed by atoms with Crippen LogP contribution < -0.4 is 20.1 Å². The van der Waals surface area contributed by atoms with Crippen molar-refractivity contribution >= 4 is 29.9 Å². The van der Waals surface area contributed by atoms with Crippen molar-refractivity contribution in [2.75, 3.05) is 61.0 Å². The van der Waals surface area contributed by atoms with Crippen LogP contribution in [0.15, 0.2) is 23.2 Å². The highest BCUT2D eigenvalue weighted by Gasteiger charge is 2.24. The Labute approximate surface area is 198 Å². The molecular weight excluding hydrogens is 493 g/mol. The van der Waals surface area contributed by atoms with Crippen molar-refractivity contribution in [1.29, 1.82) is 0 Å². The van der Waals surface area contributed by atoms with Gasteiger partial charge in [-0.3, -0.25) is 9.89 Å². The van der Waals surface area contributed by atoms with Gasteiger partial charge in [-0.25, -0.2) is 0 Å². The number of benzene rings is 1. The number of piperidine rings is 1. The third kappa shape index (κ3) is 7.46. The predicted octanol–water partition coefficient (Wildman–Crippen LogP) is 2.40. The van der Waals surface area contributed by atoms with Gasteiger partial charge in [0.1, 0.15) is 11.5 Å². The molecule has 0 radical (unpaired) electrons. The zero-order chi connectivity index (χ0) is 20.6. The SMILES string of the molecule is CN=C(NCC1CCCN(C)C1)NC1CCN(Cc2cc(OC)cc(OC)c2)C1.I. The highest BCUT2D eigenvalue weighted by molar-refractivity contribution is 14.0. The van der Waals surface area contributed by atoms with Crippen LogP contribution in [0.3, 0.4) is 0 Å². The Balaban J connectivity index is 0.00000320. The first-order valence-corrected chi connectivity index (χ1v) is 10.7. The van der Waals surface area contributed by atoms with Gasteiger partial charge in [0, 0.05) is 51.9 Å². The van der Waals surface area contributed by atoms with E-state index >= 15 is 0 Å². The number of ether oxygens (including phenoxy) is 2. The molecule has 2 fully saturated rings. The summed E-state index contributed by atoms with van der Waals surface area (Å²) in [6, 6.07) is 6.51. The molecule has 30 heavy (non-hydrogen) atoms. The van der Waals surface area contributed by atoms with Crippen LogP contribution in [0.4, 0.5) is 0 Å². The molecule has 0 spiro atoms. The highest BCUT2D eigenvalue weighted by Crippen LogP contribution is 2.24. The van der Waals surface area contributed by atoms with Crippen molar-refractivity contribution < 1.29 is 9.47 Å². The van der Waals surface area contributed by atoms with Crippen molar-refractivity contribution in [2.45, 2.75) is 31.8 Å². The number of guanidine groups is 1. The number of aliphatic imine (C=N–C) groups is 1. The number of hydrogen-bond acceptors (Lipinski definition) is 5. The lowest BCUT2D eigenvalue weighted by Crippen LogP contribution is -2.47. The molecule has 8 heteroatoms. The number of nitrogens with zero attached hydrogens (tertiary/aromatic N) is 3. The third-order valence-electron chi connectivity index (χ3n) is 5.93. The van der Waals surface area contributed by atoms with Crippen LogP contribution in [0.2, 0.25) is 0 Å². The van der Waals surface area contributed by atoms with Gasteiger partial charge < -0.3 is 25.0 Å². The summed E-state index contributed by atoms with van der Waals surface area (Å²) in [5.74, 6) is 3.31. The summed E-state index contributed by atoms with van der Waals surface area (Å²) in [6.45, 7) is 6.36. The van der Waals surface area contributed by atoms with Crippen LogP contribution in [0, 0.1) is 5.92 Å². The first-order chi connectivity index (χ1) is 14.1. The molecule has 2 N–H and O–H groups in total. The minimum Gasteiger partial charge on any atom is -0.497 e. The van der Waals surface area contributed by atoms with Crippen LogP contribution >= 0.6 is 24.0 Å². The highest BCUT2D eigenvalue weighted by atomic mass is 127. The van der Waals surface area contributed by atoms with E-state index in [0.717, 1.165) is 50.1 Å². The minimum atomic E-state index is 0. The maximum Gasteiger partial charge on any atom is 0.191 e. The van der Waals surface area contributed by atoms with E-state index < -0.39 is 0 Å². The molecule has 170 valence electrons. The minimum absolute atomic E-state index is 0. The van der Waals surface area contributed by atoms with Gasteiger partial charge in [-0.05, 0) is 56.5 Å². The zero-order valence-corrected chi connectivity index (χ0v) is 21.1. The predicted molar refractivity (Wildman–Crippen MR) is 133 cm³/mol. The zero-order valence-electron chi connectivity index (χ0n) is 18.8. The monoisotopic (exact) mass is 531 g/mol. The standard InChI is InChI=1S/C22H37N5O2.HI/c1-23-22(24-13-17-6-5-8-26(2)14-17)25-19-7-9-27(16-19)15-18-10-20(28-3)12-21(11-18)29-4;/h10-12,17,19H,5-9,13-16H2,1-4H3,(H2,23,24,25);1H. The summed E-state index contributed by atoms with van der Waals surface area (Å²) >= 11 is 0. The molecule has 0 amide bonds. The van der Waals surface area contributed by atoms with E-state index in [4.69, 9.17) is 9.47 Å². The fourth-order valence-electron chi connectivity index (χ4n) is 4.38. The summed E-state index contributed by atoms with van der Waals surface area (Å²) in [6.07, 6.45) is 3.71. The summed E-state index contributed by atoms with van der Waals surface area (Å²) in [7, 11) is 7.46. The fourth-order valence-corrected chi connectivity index (χ4v) is 4.38. The van der Waals surface area contributed by atoms with E-state index in [1.807, 2.05) is 13.1 Å². The van der Waals surface area contributed by atoms with Crippen LogP contribution in [0.5, 0.6) is 11.5 Å². The van der Waals surface area contributed by atoms with Gasteiger partial charge in [0.05, 0.1) is 14.2 Å². The van der Waals surface area contributed by atoms with Crippen molar-refractivity contribution in [3.63, 3.8) is 0 Å². The number of halogens is 1. The Morgan fingerprint density at radius 3 is 2.47 bits per heavy atom. The Hall–Kier alpha value is -1.26. The van der Waals surface area contributed by atoms with Gasteiger partial charge in [-0.2, -0.15) is 0 Å². The van der Waals surface area contributed by atoms with Crippen molar-refractivity contribution in [3.05, 3.63) is 23.8 Å². The van der Waals surface area contributed by atoms with E-state index in [-0.39, 0.29) is 24.0 Å². The maximum absolute atomic E-state index is 5.40. The van der Waals surface area contributed by atoms with E-state index in [2.05, 4.69) is 44.6 Å². The van der Waals surface area contributed by atoms with Gasteiger partial charge in [0.15, 0.2) is 5.96 Å². The average Bonchev–Trinajstić information content (AvgIpc) is 3.17. The Morgan fingerprint density at radius 2 is 1.83 bits per heavy atom. The van der Waals surface area contributed by atoms with Crippen LogP contribution in [-0.2, 0) is 6.54 Å². The molecule has 2 aliphatic heterocycles. The van der Waals surface area contributed by atoms with Crippen molar-refractivity contribution in [3.8, 4) is 11.5 Å². The molecule has 7 nitrogen and oxygen atoms in total. The van der Waals surface area contributed by atoms with Crippen molar-refractivity contribution in [1.82, 2.24) is 20.4 Å². The summed E-state index contributed by atoms with van der Waals surface area (Å²) in [5, 5.41) is 7.15. The van der Waals surface area contributed by atoms with Gasteiger partial charge >= 0.3 is 0 Å². The lowest BCUT2D eigenvalue weighted by atomic mass is 9.99. The van der Waals surface area contributed by atoms with E-state index in [9.17, 15) is 0 Å². The molecule has 3 rings (SSSR count). The van der Waals surface area contributed by atoms with Gasteiger partial charge in [-0.15, -0.1) is 24.0 Å². The maximum atomic E-state index is 5.40. The second-order valence-corrected chi connectivity index (χ2v) is 8.31. The van der Waals surface area contributed by atoms with Crippen LogP contribution in [0.25, 0.3) is 0 Å². The molecule has 0 saturated carbocycles. The molecule has 2 aliphatic rings. The van der Waals surface area contributed by atoms with Gasteiger partial charge in [0.25, 0.3) is 0 Å². The lowest BCUT2D eigenvalue weighted by Gasteiger charge is -2.30. The molecule has 2 saturated heterocycles. The number of likely N-dealkylation sites (tertiary alicyclic amines) is 2. The topological polar surface area (TPSA) is 61.4 Å². The molecule has 0 aliphatic carbocycles. The van der Waals surface area contributed by atoms with E-state index in [0.29, 0.717) is 12.0 Å². The second-order valence-electron chi connectivity index (χ2n) is 8.31. The summed E-state index contributed by atoms with van der Waals surface area (Å²) < 4.78 is 10.8. The first kappa shape index (κ1) is 25.0. The summed E-state index contributed by atoms with van der Waals surface area (Å²) in [4.78, 5) is 9.33. The van der Waals surface area contributed by atoms with Gasteiger partial charge in [-0.1, -0.05) is 0 Å². The Bertz CT molecular complexity index is 665. The molecule has 2 heterocycles. The second kappa shape index (κ2) is 12.6. The number of nitrogens with one attached hydrogen (secondary N) is 2. The van der Waals surface area contributed by atoms with Gasteiger partial charge in [0.2, 0.25) is 0 Å². The lowest BCUT2D eigenvalue weighted by molar-refractivity contribution is 0.210. The van der Waals surface area contributed by atoms with E-state index in [1.54, 1.807) is 14.2 Å². The largest absolute Gasteiger partial charge is 0.497 e. The van der Waals surface area contributed by atoms with Crippen LogP contribution in [-0.4, -0.2) is 82.8 Å². The Kier molecular flexibility index (Phi) is 10.5. The number of hydrogen-bond donors (Lipinski definition) is 2. The first-order valence-electron chi connectivity index (χ1n) is 10.7. The fraction of sp³-hybridized carbons (Fsp3) is 0.682. The molecular formula is C22H38IN5O2. The molecule has 0 aromatic heterocycles. The molecule has 1 aromatic rings. The molecule has 1 aromatic carbocycles. The third-order valence-corrected chi connectivity index (χ3v) is 5.93. The van der Waals surface area contributed by atoms with Crippen LogP contribution in [0.1, 0.15) is 24.8 Å². The smallest absolute Gasteiger partial charge is 0.191 e. The summed E-state index contributed by atoms with van der Waals surface area (Å²) in [5.41, 5.74) is 1.21. The van der Waals surface area contributed by atoms with E-state index in [1.165, 1.54) is 31.5 Å². The van der Waals surface area contributed by atoms with Crippen molar-refractivity contribution in [2.24, 2.45) is 10.9 Å². The molecule has 2 unspecified atom stereocenters.